The summed E-state index contributed by atoms with van der Waals surface area (Å²) in [6, 6.07) is 12.7. The molecule has 0 bridgehead atoms. The van der Waals surface area contributed by atoms with E-state index in [1.165, 1.54) is 4.90 Å². The number of aryl methyl sites for hydroxylation is 1. The first-order valence-electron chi connectivity index (χ1n) is 8.40. The second-order valence-corrected chi connectivity index (χ2v) is 6.12. The van der Waals surface area contributed by atoms with Crippen LogP contribution in [-0.2, 0) is 16.1 Å². The molecule has 1 heterocycles. The van der Waals surface area contributed by atoms with Crippen LogP contribution in [0.3, 0.4) is 0 Å². The lowest BCUT2D eigenvalue weighted by Crippen LogP contribution is -2.31. The van der Waals surface area contributed by atoms with Gasteiger partial charge in [-0.3, -0.25) is 4.79 Å². The molecule has 0 aromatic heterocycles. The Morgan fingerprint density at radius 3 is 2.58 bits per heavy atom. The minimum absolute atomic E-state index is 0.276. The Morgan fingerprint density at radius 2 is 1.81 bits per heavy atom. The normalized spacial score (nSPS) is 12.4. The van der Waals surface area contributed by atoms with Gasteiger partial charge in [0.1, 0.15) is 13.2 Å². The number of benzene rings is 2. The van der Waals surface area contributed by atoms with Crippen molar-refractivity contribution in [1.29, 1.82) is 0 Å². The maximum atomic E-state index is 12.2. The first-order valence-corrected chi connectivity index (χ1v) is 8.40. The van der Waals surface area contributed by atoms with Crippen molar-refractivity contribution >= 4 is 11.9 Å². The molecule has 0 aliphatic carbocycles. The monoisotopic (exact) mass is 355 g/mol. The number of carbonyl (C=O) groups is 2. The number of hydrogen-bond acceptors (Lipinski definition) is 5. The number of likely N-dealkylation sites (N-methyl/N-ethyl adjacent to an activating group) is 1. The Bertz CT molecular complexity index is 818. The van der Waals surface area contributed by atoms with Gasteiger partial charge in [0.25, 0.3) is 5.91 Å². The molecule has 0 atom stereocenters. The van der Waals surface area contributed by atoms with Crippen LogP contribution in [0.5, 0.6) is 11.5 Å². The van der Waals surface area contributed by atoms with Crippen LogP contribution in [0.1, 0.15) is 21.5 Å². The maximum absolute atomic E-state index is 12.2. The molecule has 0 fully saturated rings. The van der Waals surface area contributed by atoms with Crippen LogP contribution in [0, 0.1) is 6.92 Å². The van der Waals surface area contributed by atoms with E-state index in [0.29, 0.717) is 36.8 Å². The second-order valence-electron chi connectivity index (χ2n) is 6.12. The standard InChI is InChI=1S/C20H21NO5/c1-14-5-3-4-6-16(14)20(23)26-13-19(22)21(2)12-15-7-8-17-18(11-15)25-10-9-24-17/h3-8,11H,9-10,12-13H2,1-2H3. The second kappa shape index (κ2) is 7.91. The molecule has 0 N–H and O–H groups in total. The van der Waals surface area contributed by atoms with E-state index in [4.69, 9.17) is 14.2 Å². The minimum Gasteiger partial charge on any atom is -0.486 e. The summed E-state index contributed by atoms with van der Waals surface area (Å²) in [7, 11) is 1.67. The van der Waals surface area contributed by atoms with Crippen molar-refractivity contribution in [2.24, 2.45) is 0 Å². The first-order chi connectivity index (χ1) is 12.5. The predicted octanol–water partition coefficient (Wildman–Crippen LogP) is 2.58. The lowest BCUT2D eigenvalue weighted by atomic mass is 10.1. The number of amides is 1. The van der Waals surface area contributed by atoms with Crippen molar-refractivity contribution in [3.05, 3.63) is 59.2 Å². The Balaban J connectivity index is 1.55. The highest BCUT2D eigenvalue weighted by molar-refractivity contribution is 5.92. The third kappa shape index (κ3) is 4.14. The highest BCUT2D eigenvalue weighted by atomic mass is 16.6. The smallest absolute Gasteiger partial charge is 0.338 e. The molecule has 6 nitrogen and oxygen atoms in total. The highest BCUT2D eigenvalue weighted by Gasteiger charge is 2.17. The van der Waals surface area contributed by atoms with Crippen molar-refractivity contribution in [3.8, 4) is 11.5 Å². The third-order valence-electron chi connectivity index (χ3n) is 4.14. The predicted molar refractivity (Wildman–Crippen MR) is 95.4 cm³/mol. The fourth-order valence-electron chi connectivity index (χ4n) is 2.67. The SMILES string of the molecule is Cc1ccccc1C(=O)OCC(=O)N(C)Cc1ccc2c(c1)OCCO2. The molecule has 136 valence electrons. The molecular weight excluding hydrogens is 334 g/mol. The van der Waals surface area contributed by atoms with Gasteiger partial charge in [0.15, 0.2) is 18.1 Å². The van der Waals surface area contributed by atoms with Crippen molar-refractivity contribution in [2.45, 2.75) is 13.5 Å². The average molecular weight is 355 g/mol. The van der Waals surface area contributed by atoms with Crippen LogP contribution >= 0.6 is 0 Å². The molecule has 1 aliphatic rings. The van der Waals surface area contributed by atoms with Gasteiger partial charge in [-0.15, -0.1) is 0 Å². The Morgan fingerprint density at radius 1 is 1.08 bits per heavy atom. The van der Waals surface area contributed by atoms with Gasteiger partial charge in [-0.05, 0) is 36.2 Å². The third-order valence-corrected chi connectivity index (χ3v) is 4.14. The highest BCUT2D eigenvalue weighted by Crippen LogP contribution is 2.31. The zero-order chi connectivity index (χ0) is 18.5. The fraction of sp³-hybridized carbons (Fsp3) is 0.300. The largest absolute Gasteiger partial charge is 0.486 e. The number of hydrogen-bond donors (Lipinski definition) is 0. The quantitative estimate of drug-likeness (QED) is 0.772. The van der Waals surface area contributed by atoms with Crippen LogP contribution in [0.2, 0.25) is 0 Å². The molecule has 2 aromatic rings. The summed E-state index contributed by atoms with van der Waals surface area (Å²) in [5.41, 5.74) is 2.19. The molecule has 0 unspecified atom stereocenters. The summed E-state index contributed by atoms with van der Waals surface area (Å²) in [5, 5.41) is 0. The summed E-state index contributed by atoms with van der Waals surface area (Å²) >= 11 is 0. The maximum Gasteiger partial charge on any atom is 0.338 e. The number of carbonyl (C=O) groups excluding carboxylic acids is 2. The molecule has 6 heteroatoms. The van der Waals surface area contributed by atoms with Gasteiger partial charge in [-0.2, -0.15) is 0 Å². The van der Waals surface area contributed by atoms with E-state index in [-0.39, 0.29) is 12.5 Å². The summed E-state index contributed by atoms with van der Waals surface area (Å²) in [4.78, 5) is 25.8. The van der Waals surface area contributed by atoms with E-state index in [1.54, 1.807) is 19.2 Å². The number of rotatable bonds is 5. The Labute approximate surface area is 152 Å². The molecule has 3 rings (SSSR count). The molecule has 2 aromatic carbocycles. The Hall–Kier alpha value is -3.02. The van der Waals surface area contributed by atoms with Gasteiger partial charge in [0.2, 0.25) is 0 Å². The fourth-order valence-corrected chi connectivity index (χ4v) is 2.67. The number of ether oxygens (including phenoxy) is 3. The van der Waals surface area contributed by atoms with Crippen molar-refractivity contribution in [1.82, 2.24) is 4.90 Å². The molecule has 0 saturated carbocycles. The molecule has 0 saturated heterocycles. The van der Waals surface area contributed by atoms with Gasteiger partial charge in [-0.25, -0.2) is 4.79 Å². The van der Waals surface area contributed by atoms with E-state index in [2.05, 4.69) is 0 Å². The van der Waals surface area contributed by atoms with Crippen molar-refractivity contribution in [3.63, 3.8) is 0 Å². The molecule has 0 spiro atoms. The lowest BCUT2D eigenvalue weighted by molar-refractivity contribution is -0.133. The van der Waals surface area contributed by atoms with Crippen molar-refractivity contribution in [2.75, 3.05) is 26.9 Å². The topological polar surface area (TPSA) is 65.1 Å². The van der Waals surface area contributed by atoms with Crippen molar-refractivity contribution < 1.29 is 23.8 Å². The van der Waals surface area contributed by atoms with E-state index in [1.807, 2.05) is 37.3 Å². The first kappa shape index (κ1) is 17.8. The summed E-state index contributed by atoms with van der Waals surface area (Å²) in [6.45, 7) is 2.97. The zero-order valence-corrected chi connectivity index (χ0v) is 14.9. The van der Waals surface area contributed by atoms with Crippen LogP contribution in [0.4, 0.5) is 0 Å². The van der Waals surface area contributed by atoms with Crippen LogP contribution in [0.25, 0.3) is 0 Å². The molecule has 26 heavy (non-hydrogen) atoms. The van der Waals surface area contributed by atoms with E-state index in [9.17, 15) is 9.59 Å². The average Bonchev–Trinajstić information content (AvgIpc) is 2.66. The summed E-state index contributed by atoms with van der Waals surface area (Å²) < 4.78 is 16.2. The van der Waals surface area contributed by atoms with Gasteiger partial charge in [0, 0.05) is 13.6 Å². The van der Waals surface area contributed by atoms with E-state index < -0.39 is 5.97 Å². The molecule has 0 radical (unpaired) electrons. The van der Waals surface area contributed by atoms with Gasteiger partial charge < -0.3 is 19.1 Å². The van der Waals surface area contributed by atoms with E-state index in [0.717, 1.165) is 11.1 Å². The molecule has 1 aliphatic heterocycles. The van der Waals surface area contributed by atoms with Crippen LogP contribution < -0.4 is 9.47 Å². The number of fused-ring (bicyclic) bond motifs is 1. The van der Waals surface area contributed by atoms with E-state index >= 15 is 0 Å². The number of nitrogens with zero attached hydrogens (tertiary/aromatic N) is 1. The van der Waals surface area contributed by atoms with Crippen LogP contribution in [0.15, 0.2) is 42.5 Å². The van der Waals surface area contributed by atoms with Crippen LogP contribution in [-0.4, -0.2) is 43.6 Å². The van der Waals surface area contributed by atoms with Gasteiger partial charge in [-0.1, -0.05) is 24.3 Å². The number of esters is 1. The Kier molecular flexibility index (Phi) is 5.41. The minimum atomic E-state index is -0.496. The van der Waals surface area contributed by atoms with Gasteiger partial charge >= 0.3 is 5.97 Å². The lowest BCUT2D eigenvalue weighted by Gasteiger charge is -2.21. The molecular formula is C20H21NO5. The summed E-state index contributed by atoms with van der Waals surface area (Å²) in [5.74, 6) is 0.618. The zero-order valence-electron chi connectivity index (χ0n) is 14.9. The van der Waals surface area contributed by atoms with Gasteiger partial charge in [0.05, 0.1) is 5.56 Å². The summed E-state index contributed by atoms with van der Waals surface area (Å²) in [6.07, 6.45) is 0. The molecule has 1 amide bonds.